The summed E-state index contributed by atoms with van der Waals surface area (Å²) in [6.45, 7) is 5.42. The van der Waals surface area contributed by atoms with Gasteiger partial charge in [-0.05, 0) is 38.8 Å². The van der Waals surface area contributed by atoms with E-state index in [1.165, 1.54) is 13.0 Å². The molecule has 3 aliphatic rings. The number of benzene rings is 3. The number of hydrogen-bond donors (Lipinski definition) is 6. The van der Waals surface area contributed by atoms with Gasteiger partial charge in [-0.25, -0.2) is 4.79 Å². The monoisotopic (exact) mass is 689 g/mol. The van der Waals surface area contributed by atoms with Crippen molar-refractivity contribution in [1.82, 2.24) is 5.32 Å². The second-order valence-corrected chi connectivity index (χ2v) is 13.6. The molecule has 1 fully saturated rings. The van der Waals surface area contributed by atoms with Crippen LogP contribution >= 0.6 is 0 Å². The predicted octanol–water partition coefficient (Wildman–Crippen LogP) is 2.75. The molecule has 1 heterocycles. The first-order chi connectivity index (χ1) is 23.6. The minimum Gasteiger partial charge on any atom is -0.507 e. The van der Waals surface area contributed by atoms with Crippen LogP contribution in [0.2, 0.25) is 0 Å². The normalized spacial score (nSPS) is 27.2. The Morgan fingerprint density at radius 3 is 2.36 bits per heavy atom. The van der Waals surface area contributed by atoms with Gasteiger partial charge in [0.15, 0.2) is 23.6 Å². The maximum absolute atomic E-state index is 13.9. The number of ketones is 3. The molecule has 1 amide bonds. The zero-order valence-corrected chi connectivity index (χ0v) is 28.0. The highest BCUT2D eigenvalue weighted by molar-refractivity contribution is 6.31. The molecule has 6 atom stereocenters. The van der Waals surface area contributed by atoms with Gasteiger partial charge in [-0.1, -0.05) is 48.0 Å². The van der Waals surface area contributed by atoms with Crippen molar-refractivity contribution in [2.75, 3.05) is 6.61 Å². The van der Waals surface area contributed by atoms with Gasteiger partial charge >= 0.3 is 6.09 Å². The third-order valence-corrected chi connectivity index (χ3v) is 9.93. The van der Waals surface area contributed by atoms with E-state index in [1.807, 2.05) is 31.2 Å². The molecule has 13 heteroatoms. The van der Waals surface area contributed by atoms with E-state index in [0.717, 1.165) is 11.1 Å². The van der Waals surface area contributed by atoms with Crippen molar-refractivity contribution in [3.8, 4) is 11.5 Å². The van der Waals surface area contributed by atoms with E-state index >= 15 is 0 Å². The van der Waals surface area contributed by atoms with Gasteiger partial charge in [0.2, 0.25) is 0 Å². The molecule has 50 heavy (non-hydrogen) atoms. The van der Waals surface area contributed by atoms with Crippen molar-refractivity contribution in [3.63, 3.8) is 0 Å². The molecule has 0 saturated carbocycles. The minimum absolute atomic E-state index is 0.0211. The summed E-state index contributed by atoms with van der Waals surface area (Å²) in [5.74, 6) is -3.86. The van der Waals surface area contributed by atoms with Gasteiger partial charge in [0.05, 0.1) is 23.3 Å². The summed E-state index contributed by atoms with van der Waals surface area (Å²) >= 11 is 0. The quantitative estimate of drug-likeness (QED) is 0.155. The molecule has 264 valence electrons. The maximum Gasteiger partial charge on any atom is 0.407 e. The van der Waals surface area contributed by atoms with Gasteiger partial charge < -0.3 is 45.1 Å². The highest BCUT2D eigenvalue weighted by atomic mass is 16.7. The molecule has 0 radical (unpaired) electrons. The van der Waals surface area contributed by atoms with E-state index in [0.29, 0.717) is 5.56 Å². The molecule has 1 aliphatic heterocycles. The van der Waals surface area contributed by atoms with Crippen molar-refractivity contribution < 1.29 is 58.9 Å². The highest BCUT2D eigenvalue weighted by Gasteiger charge is 2.55. The third-order valence-electron chi connectivity index (χ3n) is 9.93. The molecule has 0 bridgehead atoms. The standard InChI is InChI=1S/C37H39NO12/c1-17-8-10-20(11-9-17)15-48-35(46)38-23-12-25(49-19(3)30(23)41)50-36(4)16-37(47,24(40)14-39)13-22-29(36)34(45)28-27(32(22)43)31(42)21-7-5-6-18(2)26(21)33(28)44/h5-11,19,23,25,30,39,41,43,45,47H,12-16H2,1-4H3,(H,38,46)/t19-,23?,25-,30+,36-,37-/m0/s1. The predicted molar refractivity (Wildman–Crippen MR) is 175 cm³/mol. The van der Waals surface area contributed by atoms with E-state index in [-0.39, 0.29) is 35.3 Å². The van der Waals surface area contributed by atoms with Crippen LogP contribution in [0.1, 0.15) is 86.3 Å². The van der Waals surface area contributed by atoms with Crippen LogP contribution in [0.25, 0.3) is 0 Å². The fraction of sp³-hybridized carbons (Fsp3) is 0.405. The van der Waals surface area contributed by atoms with Crippen LogP contribution in [0.5, 0.6) is 11.5 Å². The molecule has 3 aromatic rings. The molecule has 6 rings (SSSR count). The van der Waals surface area contributed by atoms with E-state index in [1.54, 1.807) is 26.0 Å². The van der Waals surface area contributed by atoms with Gasteiger partial charge in [-0.2, -0.15) is 0 Å². The number of Topliss-reactive ketones (excluding diaryl/α,β-unsaturated/α-hetero) is 1. The number of carbonyl (C=O) groups excluding carboxylic acids is 4. The van der Waals surface area contributed by atoms with Crippen LogP contribution in [0.15, 0.2) is 42.5 Å². The number of ether oxygens (including phenoxy) is 3. The number of phenolic OH excluding ortho intramolecular Hbond substituents is 2. The fourth-order valence-corrected chi connectivity index (χ4v) is 7.41. The van der Waals surface area contributed by atoms with Crippen LogP contribution in [-0.4, -0.2) is 85.7 Å². The number of aliphatic hydroxyl groups is 3. The van der Waals surface area contributed by atoms with Gasteiger partial charge in [0.1, 0.15) is 42.0 Å². The Balaban J connectivity index is 1.35. The second-order valence-electron chi connectivity index (χ2n) is 13.6. The number of fused-ring (bicyclic) bond motifs is 3. The summed E-state index contributed by atoms with van der Waals surface area (Å²) in [7, 11) is 0. The summed E-state index contributed by atoms with van der Waals surface area (Å²) in [6.07, 6.45) is -5.52. The van der Waals surface area contributed by atoms with Crippen molar-refractivity contribution in [3.05, 3.63) is 92.5 Å². The summed E-state index contributed by atoms with van der Waals surface area (Å²) in [5.41, 5.74) is -3.21. The topological polar surface area (TPSA) is 209 Å². The molecule has 13 nitrogen and oxygen atoms in total. The second kappa shape index (κ2) is 12.9. The van der Waals surface area contributed by atoms with Gasteiger partial charge in [0, 0.05) is 41.5 Å². The Labute approximate surface area is 287 Å². The smallest absolute Gasteiger partial charge is 0.407 e. The van der Waals surface area contributed by atoms with Crippen LogP contribution < -0.4 is 5.32 Å². The van der Waals surface area contributed by atoms with Gasteiger partial charge in [-0.3, -0.25) is 14.4 Å². The zero-order chi connectivity index (χ0) is 36.3. The van der Waals surface area contributed by atoms with E-state index in [2.05, 4.69) is 5.32 Å². The zero-order valence-electron chi connectivity index (χ0n) is 28.0. The molecule has 2 aliphatic carbocycles. The molecule has 1 unspecified atom stereocenters. The fourth-order valence-electron chi connectivity index (χ4n) is 7.41. The molecule has 6 N–H and O–H groups in total. The Morgan fingerprint density at radius 1 is 1.00 bits per heavy atom. The number of aryl methyl sites for hydroxylation is 2. The number of alkyl carbamates (subject to hydrolysis) is 1. The first-order valence-electron chi connectivity index (χ1n) is 16.3. The molecule has 3 aromatic carbocycles. The van der Waals surface area contributed by atoms with E-state index in [9.17, 15) is 44.7 Å². The number of amides is 1. The van der Waals surface area contributed by atoms with Crippen LogP contribution in [-0.2, 0) is 37.6 Å². The largest absolute Gasteiger partial charge is 0.507 e. The first kappa shape index (κ1) is 35.2. The lowest BCUT2D eigenvalue weighted by molar-refractivity contribution is -0.275. The highest BCUT2D eigenvalue weighted by Crippen LogP contribution is 2.54. The summed E-state index contributed by atoms with van der Waals surface area (Å²) in [5, 5.41) is 58.4. The molecule has 0 spiro atoms. The average molecular weight is 690 g/mol. The lowest BCUT2D eigenvalue weighted by atomic mass is 9.67. The number of aromatic hydroxyl groups is 2. The lowest BCUT2D eigenvalue weighted by Gasteiger charge is -2.47. The van der Waals surface area contributed by atoms with Crippen molar-refractivity contribution in [1.29, 1.82) is 0 Å². The van der Waals surface area contributed by atoms with Gasteiger partial charge in [-0.15, -0.1) is 0 Å². The lowest BCUT2D eigenvalue weighted by Crippen LogP contribution is -2.58. The Hall–Kier alpha value is -4.66. The van der Waals surface area contributed by atoms with Crippen molar-refractivity contribution in [2.24, 2.45) is 0 Å². The number of phenols is 2. The number of hydrogen-bond acceptors (Lipinski definition) is 12. The third kappa shape index (κ3) is 5.94. The average Bonchev–Trinajstić information content (AvgIpc) is 3.06. The number of carbonyl (C=O) groups is 4. The van der Waals surface area contributed by atoms with Crippen LogP contribution in [0.4, 0.5) is 4.79 Å². The molecular weight excluding hydrogens is 650 g/mol. The van der Waals surface area contributed by atoms with Crippen LogP contribution in [0.3, 0.4) is 0 Å². The van der Waals surface area contributed by atoms with Crippen LogP contribution in [0, 0.1) is 13.8 Å². The number of rotatable bonds is 7. The van der Waals surface area contributed by atoms with Crippen molar-refractivity contribution >= 4 is 23.4 Å². The maximum atomic E-state index is 13.9. The SMILES string of the molecule is Cc1ccc(COC(=O)NC2C[C@H](O[C@@]3(C)C[C@](O)(C(=O)CO)Cc4c(O)c5c(c(O)c43)C(=O)c3c(C)cccc3C5=O)O[C@@H](C)[C@H]2O)cc1. The van der Waals surface area contributed by atoms with E-state index in [4.69, 9.17) is 14.2 Å². The van der Waals surface area contributed by atoms with Crippen molar-refractivity contribution in [2.45, 2.75) is 89.3 Å². The summed E-state index contributed by atoms with van der Waals surface area (Å²) in [6, 6.07) is 11.1. The minimum atomic E-state index is -2.35. The Kier molecular flexibility index (Phi) is 9.08. The number of nitrogens with one attached hydrogen (secondary N) is 1. The molecular formula is C37H39NO12. The van der Waals surface area contributed by atoms with E-state index < -0.39 is 101 Å². The first-order valence-corrected chi connectivity index (χ1v) is 16.3. The Morgan fingerprint density at radius 2 is 1.68 bits per heavy atom. The summed E-state index contributed by atoms with van der Waals surface area (Å²) in [4.78, 5) is 53.4. The Bertz CT molecular complexity index is 1910. The van der Waals surface area contributed by atoms with Gasteiger partial charge in [0.25, 0.3) is 0 Å². The molecule has 1 saturated heterocycles. The summed E-state index contributed by atoms with van der Waals surface area (Å²) < 4.78 is 17.7. The molecule has 0 aromatic heterocycles. The number of aliphatic hydroxyl groups excluding tert-OH is 2.